The molecule has 188 valence electrons. The molecule has 3 aromatic rings. The quantitative estimate of drug-likeness (QED) is 0.204. The Labute approximate surface area is 214 Å². The van der Waals surface area contributed by atoms with Gasteiger partial charge in [-0.1, -0.05) is 93.9 Å². The highest BCUT2D eigenvalue weighted by molar-refractivity contribution is 6.08. The highest BCUT2D eigenvalue weighted by Gasteiger charge is 2.25. The summed E-state index contributed by atoms with van der Waals surface area (Å²) in [5.41, 5.74) is 3.13. The van der Waals surface area contributed by atoms with Crippen LogP contribution in [-0.4, -0.2) is 20.6 Å². The summed E-state index contributed by atoms with van der Waals surface area (Å²) < 4.78 is 49.8. The Morgan fingerprint density at radius 2 is 1.53 bits per heavy atom. The monoisotopic (exact) mass is 490 g/mol. The number of hydrogen-bond donors (Lipinski definition) is 0. The van der Waals surface area contributed by atoms with Gasteiger partial charge in [-0.3, -0.25) is 0 Å². The van der Waals surface area contributed by atoms with Crippen LogP contribution in [0.25, 0.3) is 22.3 Å². The van der Waals surface area contributed by atoms with E-state index in [4.69, 9.17) is 12.6 Å². The van der Waals surface area contributed by atoms with Gasteiger partial charge in [-0.2, -0.15) is 0 Å². The van der Waals surface area contributed by atoms with Gasteiger partial charge in [0, 0.05) is 11.5 Å². The van der Waals surface area contributed by atoms with E-state index in [2.05, 4.69) is 6.92 Å². The van der Waals surface area contributed by atoms with Crippen LogP contribution in [0, 0.1) is 17.5 Å². The van der Waals surface area contributed by atoms with Crippen LogP contribution >= 0.6 is 0 Å². The largest absolute Gasteiger partial charge is 0.378 e. The summed E-state index contributed by atoms with van der Waals surface area (Å²) in [6, 6.07) is 15.4. The zero-order valence-corrected chi connectivity index (χ0v) is 21.0. The molecule has 2 radical (unpaired) electrons. The van der Waals surface area contributed by atoms with Crippen LogP contribution in [0.4, 0.5) is 13.2 Å². The molecule has 3 aromatic carbocycles. The Morgan fingerprint density at radius 1 is 0.806 bits per heavy atom. The summed E-state index contributed by atoms with van der Waals surface area (Å²) in [5.74, 6) is -1.97. The molecule has 2 unspecified atom stereocenters. The minimum Gasteiger partial charge on any atom is -0.378 e. The fraction of sp³-hybridized carbons (Fsp3) is 0.419. The Kier molecular flexibility index (Phi) is 9.31. The van der Waals surface area contributed by atoms with Crippen molar-refractivity contribution in [1.29, 1.82) is 0 Å². The smallest absolute Gasteiger partial charge is 0.166 e. The predicted octanol–water partition coefficient (Wildman–Crippen LogP) is 8.73. The lowest BCUT2D eigenvalue weighted by molar-refractivity contribution is -0.00273. The summed E-state index contributed by atoms with van der Waals surface area (Å²) in [7, 11) is 5.46. The molecule has 0 bridgehead atoms. The van der Waals surface area contributed by atoms with Crippen LogP contribution < -0.4 is 0 Å². The third-order valence-corrected chi connectivity index (χ3v) is 7.35. The van der Waals surface area contributed by atoms with E-state index in [1.807, 2.05) is 12.1 Å². The van der Waals surface area contributed by atoms with Crippen molar-refractivity contribution in [1.82, 2.24) is 0 Å². The van der Waals surface area contributed by atoms with E-state index in [0.717, 1.165) is 30.4 Å². The van der Waals surface area contributed by atoms with E-state index in [0.29, 0.717) is 23.8 Å². The molecular weight excluding hydrogens is 456 g/mol. The molecule has 1 heterocycles. The molecule has 1 saturated heterocycles. The molecule has 0 spiro atoms. The molecule has 4 rings (SSSR count). The second kappa shape index (κ2) is 12.6. The molecule has 1 aliphatic heterocycles. The van der Waals surface area contributed by atoms with E-state index < -0.39 is 11.6 Å². The van der Waals surface area contributed by atoms with Crippen molar-refractivity contribution in [2.75, 3.05) is 6.61 Å². The van der Waals surface area contributed by atoms with Crippen LogP contribution in [0.3, 0.4) is 0 Å². The maximum Gasteiger partial charge on any atom is 0.166 e. The van der Waals surface area contributed by atoms with Gasteiger partial charge in [0.1, 0.15) is 5.82 Å². The van der Waals surface area contributed by atoms with Crippen molar-refractivity contribution in [2.45, 2.75) is 76.6 Å². The third kappa shape index (κ3) is 6.23. The van der Waals surface area contributed by atoms with Crippen molar-refractivity contribution < 1.29 is 17.9 Å². The second-order valence-electron chi connectivity index (χ2n) is 9.85. The van der Waals surface area contributed by atoms with Crippen molar-refractivity contribution in [3.63, 3.8) is 0 Å². The van der Waals surface area contributed by atoms with Gasteiger partial charge in [0.15, 0.2) is 11.6 Å². The van der Waals surface area contributed by atoms with Crippen LogP contribution in [0.5, 0.6) is 0 Å². The summed E-state index contributed by atoms with van der Waals surface area (Å²) in [4.78, 5) is 0. The average Bonchev–Trinajstić information content (AvgIpc) is 2.91. The van der Waals surface area contributed by atoms with E-state index in [1.54, 1.807) is 30.3 Å². The number of hydrogen-bond acceptors (Lipinski definition) is 1. The Bertz CT molecular complexity index is 1140. The topological polar surface area (TPSA) is 9.23 Å². The molecule has 0 N–H and O–H groups in total. The van der Waals surface area contributed by atoms with Gasteiger partial charge >= 0.3 is 0 Å². The Balaban J connectivity index is 1.38. The number of ether oxygens (including phenoxy) is 1. The lowest BCUT2D eigenvalue weighted by atomic mass is 9.88. The van der Waals surface area contributed by atoms with Gasteiger partial charge in [-0.15, -0.1) is 0 Å². The molecule has 0 saturated carbocycles. The first kappa shape index (κ1) is 26.5. The lowest BCUT2D eigenvalue weighted by Crippen LogP contribution is -2.25. The molecule has 2 atom stereocenters. The number of rotatable bonds is 10. The van der Waals surface area contributed by atoms with Crippen molar-refractivity contribution >= 4 is 7.85 Å². The van der Waals surface area contributed by atoms with Gasteiger partial charge in [0.05, 0.1) is 20.6 Å². The molecule has 0 aliphatic carbocycles. The minimum atomic E-state index is -0.915. The standard InChI is InChI=1S/C31H34BF3O/c1-2-3-4-5-6-7-26-15-12-25(20-36-26)27-16-13-23(18-29(27)33)21-8-10-22(11-9-21)28-17-14-24(19-32)30(34)31(28)35/h8-11,13-14,16-18,25-26H,2-7,12,15,19-20H2,1H3. The SMILES string of the molecule is [B]Cc1ccc(-c2ccc(-c3ccc(C4CCC(CCCCCCC)OC4)c(F)c3)cc2)c(F)c1F. The number of unbranched alkanes of at least 4 members (excludes halogenated alkanes) is 4. The van der Waals surface area contributed by atoms with E-state index >= 15 is 4.39 Å². The lowest BCUT2D eigenvalue weighted by Gasteiger charge is -2.29. The van der Waals surface area contributed by atoms with Crippen LogP contribution in [0.2, 0.25) is 0 Å². The normalized spacial score (nSPS) is 17.9. The highest BCUT2D eigenvalue weighted by Crippen LogP contribution is 2.34. The van der Waals surface area contributed by atoms with Gasteiger partial charge in [-0.05, 0) is 53.1 Å². The number of benzene rings is 3. The summed E-state index contributed by atoms with van der Waals surface area (Å²) in [6.07, 6.45) is 9.57. The van der Waals surface area contributed by atoms with Gasteiger partial charge < -0.3 is 4.74 Å². The third-order valence-electron chi connectivity index (χ3n) is 7.35. The fourth-order valence-corrected chi connectivity index (χ4v) is 5.10. The maximum atomic E-state index is 15.1. The second-order valence-corrected chi connectivity index (χ2v) is 9.85. The summed E-state index contributed by atoms with van der Waals surface area (Å²) >= 11 is 0. The van der Waals surface area contributed by atoms with Crippen molar-refractivity contribution in [2.24, 2.45) is 0 Å². The zero-order chi connectivity index (χ0) is 25.5. The summed E-state index contributed by atoms with van der Waals surface area (Å²) in [5, 5.41) is 0. The summed E-state index contributed by atoms with van der Waals surface area (Å²) in [6.45, 7) is 2.79. The molecule has 5 heteroatoms. The first-order chi connectivity index (χ1) is 17.5. The maximum absolute atomic E-state index is 15.1. The average molecular weight is 490 g/mol. The first-order valence-electron chi connectivity index (χ1n) is 13.2. The molecule has 0 amide bonds. The molecular formula is C31H34BF3O. The molecule has 0 aromatic heterocycles. The van der Waals surface area contributed by atoms with E-state index in [-0.39, 0.29) is 29.2 Å². The predicted molar refractivity (Wildman–Crippen MR) is 142 cm³/mol. The van der Waals surface area contributed by atoms with E-state index in [9.17, 15) is 8.78 Å². The van der Waals surface area contributed by atoms with Crippen LogP contribution in [0.15, 0.2) is 54.6 Å². The van der Waals surface area contributed by atoms with Gasteiger partial charge in [0.25, 0.3) is 0 Å². The van der Waals surface area contributed by atoms with Crippen LogP contribution in [-0.2, 0) is 11.1 Å². The Hall–Kier alpha value is -2.53. The van der Waals surface area contributed by atoms with E-state index in [1.165, 1.54) is 44.2 Å². The van der Waals surface area contributed by atoms with Crippen molar-refractivity contribution in [3.8, 4) is 22.3 Å². The zero-order valence-electron chi connectivity index (χ0n) is 21.0. The van der Waals surface area contributed by atoms with Gasteiger partial charge in [-0.25, -0.2) is 13.2 Å². The minimum absolute atomic E-state index is 0.0593. The fourth-order valence-electron chi connectivity index (χ4n) is 5.10. The Morgan fingerprint density at radius 3 is 2.19 bits per heavy atom. The molecule has 1 fully saturated rings. The number of halogens is 3. The molecule has 1 aliphatic rings. The van der Waals surface area contributed by atoms with Crippen molar-refractivity contribution in [3.05, 3.63) is 83.2 Å². The molecule has 1 nitrogen and oxygen atoms in total. The van der Waals surface area contributed by atoms with Crippen LogP contribution in [0.1, 0.15) is 75.3 Å². The van der Waals surface area contributed by atoms with Gasteiger partial charge in [0.2, 0.25) is 0 Å². The first-order valence-corrected chi connectivity index (χ1v) is 13.2. The highest BCUT2D eigenvalue weighted by atomic mass is 19.2. The molecule has 36 heavy (non-hydrogen) atoms.